The van der Waals surface area contributed by atoms with Gasteiger partial charge < -0.3 is 19.3 Å². The van der Waals surface area contributed by atoms with Crippen LogP contribution in [0.3, 0.4) is 0 Å². The maximum absolute atomic E-state index is 13.3. The average Bonchev–Trinajstić information content (AvgIpc) is 3.52. The van der Waals surface area contributed by atoms with Crippen molar-refractivity contribution in [2.45, 2.75) is 39.5 Å². The molecule has 1 aliphatic carbocycles. The van der Waals surface area contributed by atoms with E-state index in [1.54, 1.807) is 0 Å². The van der Waals surface area contributed by atoms with Crippen LogP contribution in [0.1, 0.15) is 49.9 Å². The summed E-state index contributed by atoms with van der Waals surface area (Å²) in [4.78, 5) is 17.6. The Morgan fingerprint density at radius 1 is 1.14 bits per heavy atom. The van der Waals surface area contributed by atoms with Crippen LogP contribution in [0.4, 0.5) is 5.69 Å². The van der Waals surface area contributed by atoms with E-state index in [9.17, 15) is 4.79 Å². The first kappa shape index (κ1) is 20.7. The highest BCUT2D eigenvalue weighted by Crippen LogP contribution is 2.45. The van der Waals surface area contributed by atoms with E-state index in [1.807, 2.05) is 12.1 Å². The van der Waals surface area contributed by atoms with Crippen molar-refractivity contribution in [3.8, 4) is 0 Å². The zero-order chi connectivity index (χ0) is 20.3. The predicted molar refractivity (Wildman–Crippen MR) is 115 cm³/mol. The molecule has 2 heterocycles. The summed E-state index contributed by atoms with van der Waals surface area (Å²) in [6.07, 6.45) is 4.71. The van der Waals surface area contributed by atoms with Gasteiger partial charge in [0.25, 0.3) is 5.91 Å². The summed E-state index contributed by atoms with van der Waals surface area (Å²) in [5.41, 5.74) is 2.14. The van der Waals surface area contributed by atoms with E-state index in [0.717, 1.165) is 76.9 Å². The second-order valence-electron chi connectivity index (χ2n) is 9.06. The fraction of sp³-hybridized carbons (Fsp3) is 0.708. The molecule has 0 bridgehead atoms. The Hall–Kier alpha value is -1.59. The topological polar surface area (TPSA) is 42.0 Å². The summed E-state index contributed by atoms with van der Waals surface area (Å²) < 4.78 is 11.7. The van der Waals surface area contributed by atoms with Crippen molar-refractivity contribution >= 4 is 11.6 Å². The SMILES string of the molecule is CCN(CC)c1ccc(C(=O)N2CC(COCC3CC3)C3(CCOCC3)C2)cc1. The molecule has 3 aliphatic rings. The lowest BCUT2D eigenvalue weighted by Crippen LogP contribution is -2.39. The van der Waals surface area contributed by atoms with E-state index in [1.165, 1.54) is 18.5 Å². The number of hydrogen-bond acceptors (Lipinski definition) is 4. The molecule has 0 aromatic heterocycles. The van der Waals surface area contributed by atoms with Gasteiger partial charge in [0.2, 0.25) is 0 Å². The van der Waals surface area contributed by atoms with Gasteiger partial charge in [0.1, 0.15) is 0 Å². The second kappa shape index (κ2) is 9.05. The summed E-state index contributed by atoms with van der Waals surface area (Å²) in [6, 6.07) is 8.14. The Morgan fingerprint density at radius 2 is 1.83 bits per heavy atom. The van der Waals surface area contributed by atoms with Crippen LogP contribution in [-0.2, 0) is 9.47 Å². The van der Waals surface area contributed by atoms with Gasteiger partial charge in [-0.2, -0.15) is 0 Å². The average molecular weight is 401 g/mol. The van der Waals surface area contributed by atoms with E-state index >= 15 is 0 Å². The van der Waals surface area contributed by atoms with Crippen LogP contribution in [0.25, 0.3) is 0 Å². The Kier molecular flexibility index (Phi) is 6.45. The number of likely N-dealkylation sites (tertiary alicyclic amines) is 1. The number of carbonyl (C=O) groups is 1. The highest BCUT2D eigenvalue weighted by atomic mass is 16.5. The third-order valence-corrected chi connectivity index (χ3v) is 7.20. The van der Waals surface area contributed by atoms with Crippen molar-refractivity contribution in [2.24, 2.45) is 17.3 Å². The van der Waals surface area contributed by atoms with Gasteiger partial charge in [0, 0.05) is 63.2 Å². The molecule has 4 rings (SSSR count). The molecule has 1 unspecified atom stereocenters. The predicted octanol–water partition coefficient (Wildman–Crippen LogP) is 3.83. The van der Waals surface area contributed by atoms with Gasteiger partial charge in [0.15, 0.2) is 0 Å². The van der Waals surface area contributed by atoms with Crippen LogP contribution in [0, 0.1) is 17.3 Å². The van der Waals surface area contributed by atoms with Crippen molar-refractivity contribution < 1.29 is 14.3 Å². The molecule has 1 atom stereocenters. The molecule has 3 fully saturated rings. The molecule has 1 aromatic rings. The highest BCUT2D eigenvalue weighted by Gasteiger charge is 2.48. The number of hydrogen-bond donors (Lipinski definition) is 0. The smallest absolute Gasteiger partial charge is 0.253 e. The fourth-order valence-corrected chi connectivity index (χ4v) is 5.01. The summed E-state index contributed by atoms with van der Waals surface area (Å²) >= 11 is 0. The van der Waals surface area contributed by atoms with Gasteiger partial charge in [-0.25, -0.2) is 0 Å². The number of ether oxygens (including phenoxy) is 2. The highest BCUT2D eigenvalue weighted by molar-refractivity contribution is 5.94. The molecular weight excluding hydrogens is 364 g/mol. The molecule has 0 radical (unpaired) electrons. The monoisotopic (exact) mass is 400 g/mol. The van der Waals surface area contributed by atoms with Crippen LogP contribution in [0.15, 0.2) is 24.3 Å². The van der Waals surface area contributed by atoms with E-state index in [4.69, 9.17) is 9.47 Å². The van der Waals surface area contributed by atoms with Gasteiger partial charge in [-0.3, -0.25) is 4.79 Å². The maximum Gasteiger partial charge on any atom is 0.253 e. The Morgan fingerprint density at radius 3 is 2.45 bits per heavy atom. The Labute approximate surface area is 175 Å². The van der Waals surface area contributed by atoms with Crippen LogP contribution in [0.2, 0.25) is 0 Å². The third-order valence-electron chi connectivity index (χ3n) is 7.20. The first-order chi connectivity index (χ1) is 14.1. The zero-order valence-corrected chi connectivity index (χ0v) is 18.1. The molecule has 1 aromatic carbocycles. The normalized spacial score (nSPS) is 23.5. The van der Waals surface area contributed by atoms with E-state index in [0.29, 0.717) is 5.92 Å². The largest absolute Gasteiger partial charge is 0.381 e. The van der Waals surface area contributed by atoms with Gasteiger partial charge in [-0.05, 0) is 75.1 Å². The van der Waals surface area contributed by atoms with Crippen molar-refractivity contribution in [2.75, 3.05) is 57.5 Å². The molecule has 5 heteroatoms. The quantitative estimate of drug-likeness (QED) is 0.665. The van der Waals surface area contributed by atoms with Gasteiger partial charge in [-0.15, -0.1) is 0 Å². The zero-order valence-electron chi connectivity index (χ0n) is 18.1. The summed E-state index contributed by atoms with van der Waals surface area (Å²) in [6.45, 7) is 11.2. The number of carbonyl (C=O) groups excluding carboxylic acids is 1. The number of anilines is 1. The van der Waals surface area contributed by atoms with Gasteiger partial charge >= 0.3 is 0 Å². The molecule has 1 amide bonds. The lowest BCUT2D eigenvalue weighted by atomic mass is 9.72. The molecule has 160 valence electrons. The number of amides is 1. The molecule has 1 saturated carbocycles. The first-order valence-corrected chi connectivity index (χ1v) is 11.4. The molecule has 2 aliphatic heterocycles. The second-order valence-corrected chi connectivity index (χ2v) is 9.06. The molecular formula is C24H36N2O3. The molecule has 5 nitrogen and oxygen atoms in total. The Balaban J connectivity index is 1.43. The number of rotatable bonds is 8. The van der Waals surface area contributed by atoms with Crippen molar-refractivity contribution in [1.29, 1.82) is 0 Å². The minimum atomic E-state index is 0.159. The van der Waals surface area contributed by atoms with E-state index in [2.05, 4.69) is 35.8 Å². The summed E-state index contributed by atoms with van der Waals surface area (Å²) in [5, 5.41) is 0. The molecule has 1 spiro atoms. The van der Waals surface area contributed by atoms with Crippen LogP contribution in [-0.4, -0.2) is 63.4 Å². The van der Waals surface area contributed by atoms with E-state index < -0.39 is 0 Å². The first-order valence-electron chi connectivity index (χ1n) is 11.4. The minimum Gasteiger partial charge on any atom is -0.381 e. The minimum absolute atomic E-state index is 0.159. The van der Waals surface area contributed by atoms with Gasteiger partial charge in [-0.1, -0.05) is 0 Å². The molecule has 29 heavy (non-hydrogen) atoms. The summed E-state index contributed by atoms with van der Waals surface area (Å²) in [5.74, 6) is 1.36. The standard InChI is InChI=1S/C24H36N2O3/c1-3-25(4-2)22-9-7-20(8-10-22)23(27)26-15-21(17-29-16-19-5-6-19)24(18-26)11-13-28-14-12-24/h7-10,19,21H,3-6,11-18H2,1-2H3. The van der Waals surface area contributed by atoms with Gasteiger partial charge in [0.05, 0.1) is 6.61 Å². The van der Waals surface area contributed by atoms with E-state index in [-0.39, 0.29) is 11.3 Å². The fourth-order valence-electron chi connectivity index (χ4n) is 5.01. The maximum atomic E-state index is 13.3. The van der Waals surface area contributed by atoms with Crippen molar-refractivity contribution in [3.05, 3.63) is 29.8 Å². The lowest BCUT2D eigenvalue weighted by Gasteiger charge is -2.37. The van der Waals surface area contributed by atoms with Crippen LogP contribution >= 0.6 is 0 Å². The Bertz CT molecular complexity index is 676. The summed E-state index contributed by atoms with van der Waals surface area (Å²) in [7, 11) is 0. The van der Waals surface area contributed by atoms with Crippen LogP contribution in [0.5, 0.6) is 0 Å². The van der Waals surface area contributed by atoms with Crippen molar-refractivity contribution in [3.63, 3.8) is 0 Å². The number of benzene rings is 1. The lowest BCUT2D eigenvalue weighted by molar-refractivity contribution is -0.0245. The van der Waals surface area contributed by atoms with Crippen molar-refractivity contribution in [1.82, 2.24) is 4.90 Å². The molecule has 2 saturated heterocycles. The number of nitrogens with zero attached hydrogens (tertiary/aromatic N) is 2. The van der Waals surface area contributed by atoms with Crippen LogP contribution < -0.4 is 4.90 Å². The third kappa shape index (κ3) is 4.61. The molecule has 0 N–H and O–H groups in total.